The summed E-state index contributed by atoms with van der Waals surface area (Å²) < 4.78 is 7.42. The van der Waals surface area contributed by atoms with Crippen LogP contribution < -0.4 is 31.3 Å². The highest BCUT2D eigenvalue weighted by atomic mass is 35.5. The lowest BCUT2D eigenvalue weighted by molar-refractivity contribution is -0.111. The lowest BCUT2D eigenvalue weighted by atomic mass is 10.2. The first kappa shape index (κ1) is 29.7. The number of anilines is 5. The predicted octanol–water partition coefficient (Wildman–Crippen LogP) is 4.11. The van der Waals surface area contributed by atoms with Crippen LogP contribution in [-0.2, 0) is 11.3 Å². The Bertz CT molecular complexity index is 1670. The molecule has 2 amide bonds. The Morgan fingerprint density at radius 2 is 2.00 bits per heavy atom. The summed E-state index contributed by atoms with van der Waals surface area (Å²) in [6.45, 7) is 7.66. The molecule has 43 heavy (non-hydrogen) atoms. The van der Waals surface area contributed by atoms with Crippen molar-refractivity contribution in [3.8, 4) is 5.75 Å². The topological polar surface area (TPSA) is 142 Å². The van der Waals surface area contributed by atoms with Crippen LogP contribution in [0.3, 0.4) is 0 Å². The number of benzene rings is 2. The first-order chi connectivity index (χ1) is 20.8. The number of primary amides is 1. The molecule has 5 rings (SSSR count). The molecule has 224 valence electrons. The highest BCUT2D eigenvalue weighted by molar-refractivity contribution is 6.33. The fourth-order valence-electron chi connectivity index (χ4n) is 5.01. The van der Waals surface area contributed by atoms with Gasteiger partial charge in [-0.1, -0.05) is 24.2 Å². The predicted molar refractivity (Wildman–Crippen MR) is 170 cm³/mol. The van der Waals surface area contributed by atoms with E-state index < -0.39 is 5.91 Å². The molecule has 0 spiro atoms. The number of methoxy groups -OCH3 is 1. The maximum absolute atomic E-state index is 12.6. The van der Waals surface area contributed by atoms with Crippen molar-refractivity contribution in [2.75, 3.05) is 61.2 Å². The van der Waals surface area contributed by atoms with Crippen molar-refractivity contribution in [2.24, 2.45) is 5.73 Å². The van der Waals surface area contributed by atoms with Gasteiger partial charge in [0.15, 0.2) is 11.5 Å². The molecular formula is C30H34ClN9O3. The summed E-state index contributed by atoms with van der Waals surface area (Å²) in [5, 5.41) is 9.64. The zero-order chi connectivity index (χ0) is 30.5. The standard InChI is InChI=1S/C30H34ClN9O3/c1-4-25(41)36-22-16-19(6-8-21(22)31)18-34-30-37-28(26(27(32)42)29-33-10-13-40(29)30)35-20-7-9-23(24(17-20)43-3)39-12-5-11-38(2)14-15-39/h4,6-10,13,16-17,35H,1,5,11-12,14-15,18H2,2-3H3,(H2,32,42)(H,34,37)(H,36,41). The van der Waals surface area contributed by atoms with Crippen LogP contribution in [-0.4, -0.2) is 71.4 Å². The Morgan fingerprint density at radius 1 is 1.16 bits per heavy atom. The highest BCUT2D eigenvalue weighted by Gasteiger charge is 2.21. The minimum absolute atomic E-state index is 0.148. The van der Waals surface area contributed by atoms with Gasteiger partial charge in [-0.15, -0.1) is 0 Å². The number of likely N-dealkylation sites (N-methyl/N-ethyl adjacent to an activating group) is 1. The van der Waals surface area contributed by atoms with Crippen molar-refractivity contribution in [3.05, 3.63) is 77.6 Å². The van der Waals surface area contributed by atoms with Gasteiger partial charge in [-0.05, 0) is 55.9 Å². The van der Waals surface area contributed by atoms with Gasteiger partial charge in [-0.2, -0.15) is 4.98 Å². The minimum atomic E-state index is -0.671. The van der Waals surface area contributed by atoms with E-state index in [4.69, 9.17) is 27.1 Å². The average Bonchev–Trinajstić information content (AvgIpc) is 3.38. The molecule has 2 aromatic heterocycles. The molecule has 2 aromatic carbocycles. The Labute approximate surface area is 254 Å². The smallest absolute Gasteiger partial charge is 0.256 e. The van der Waals surface area contributed by atoms with E-state index in [0.717, 1.165) is 43.9 Å². The van der Waals surface area contributed by atoms with Gasteiger partial charge in [0.2, 0.25) is 11.9 Å². The van der Waals surface area contributed by atoms with Gasteiger partial charge in [0.25, 0.3) is 5.91 Å². The number of rotatable bonds is 10. The van der Waals surface area contributed by atoms with Crippen molar-refractivity contribution in [3.63, 3.8) is 0 Å². The van der Waals surface area contributed by atoms with Gasteiger partial charge in [0.05, 0.1) is 23.5 Å². The molecule has 5 N–H and O–H groups in total. The van der Waals surface area contributed by atoms with E-state index in [1.165, 1.54) is 6.08 Å². The molecule has 0 radical (unpaired) electrons. The molecule has 13 heteroatoms. The summed E-state index contributed by atoms with van der Waals surface area (Å²) in [7, 11) is 3.77. The van der Waals surface area contributed by atoms with Gasteiger partial charge < -0.3 is 36.2 Å². The number of nitrogens with two attached hydrogens (primary N) is 1. The summed E-state index contributed by atoms with van der Waals surface area (Å²) >= 11 is 6.25. The summed E-state index contributed by atoms with van der Waals surface area (Å²) in [6, 6.07) is 11.1. The number of nitrogens with one attached hydrogen (secondary N) is 3. The van der Waals surface area contributed by atoms with E-state index in [0.29, 0.717) is 40.3 Å². The van der Waals surface area contributed by atoms with E-state index in [-0.39, 0.29) is 17.3 Å². The van der Waals surface area contributed by atoms with E-state index in [1.807, 2.05) is 24.3 Å². The SMILES string of the molecule is C=CC(=O)Nc1cc(CNc2nc(Nc3ccc(N4CCCN(C)CC4)c(OC)c3)c(C(N)=O)c3nccn23)ccc1Cl. The number of ether oxygens (including phenoxy) is 1. The van der Waals surface area contributed by atoms with Crippen LogP contribution in [0.2, 0.25) is 5.02 Å². The molecule has 1 fully saturated rings. The van der Waals surface area contributed by atoms with E-state index in [1.54, 1.807) is 36.0 Å². The number of hydrogen-bond donors (Lipinski definition) is 4. The zero-order valence-corrected chi connectivity index (χ0v) is 24.8. The number of nitrogens with zero attached hydrogens (tertiary/aromatic N) is 5. The van der Waals surface area contributed by atoms with E-state index in [9.17, 15) is 9.59 Å². The molecule has 0 unspecified atom stereocenters. The molecule has 1 aliphatic heterocycles. The third-order valence-corrected chi connectivity index (χ3v) is 7.55. The van der Waals surface area contributed by atoms with Crippen molar-refractivity contribution < 1.29 is 14.3 Å². The molecule has 1 aliphatic rings. The van der Waals surface area contributed by atoms with Crippen molar-refractivity contribution in [1.29, 1.82) is 0 Å². The maximum atomic E-state index is 12.6. The number of carbonyl (C=O) groups is 2. The van der Waals surface area contributed by atoms with Gasteiger partial charge in [0.1, 0.15) is 11.3 Å². The highest BCUT2D eigenvalue weighted by Crippen LogP contribution is 2.34. The van der Waals surface area contributed by atoms with Crippen LogP contribution in [0, 0.1) is 0 Å². The second-order valence-electron chi connectivity index (χ2n) is 10.2. The molecule has 3 heterocycles. The molecule has 0 aliphatic carbocycles. The molecule has 12 nitrogen and oxygen atoms in total. The van der Waals surface area contributed by atoms with Gasteiger partial charge >= 0.3 is 0 Å². The average molecular weight is 604 g/mol. The fraction of sp³-hybridized carbons (Fsp3) is 0.267. The molecule has 0 bridgehead atoms. The third kappa shape index (κ3) is 6.65. The summed E-state index contributed by atoms with van der Waals surface area (Å²) in [5.41, 5.74) is 9.27. The van der Waals surface area contributed by atoms with Crippen molar-refractivity contribution in [1.82, 2.24) is 19.3 Å². The Morgan fingerprint density at radius 3 is 2.77 bits per heavy atom. The minimum Gasteiger partial charge on any atom is -0.495 e. The molecule has 1 saturated heterocycles. The van der Waals surface area contributed by atoms with E-state index >= 15 is 0 Å². The fourth-order valence-corrected chi connectivity index (χ4v) is 5.17. The lowest BCUT2D eigenvalue weighted by Gasteiger charge is -2.25. The second-order valence-corrected chi connectivity index (χ2v) is 10.6. The van der Waals surface area contributed by atoms with Gasteiger partial charge in [-0.3, -0.25) is 14.0 Å². The van der Waals surface area contributed by atoms with Crippen LogP contribution in [0.4, 0.5) is 28.8 Å². The first-order valence-corrected chi connectivity index (χ1v) is 14.2. The van der Waals surface area contributed by atoms with E-state index in [2.05, 4.69) is 44.4 Å². The van der Waals surface area contributed by atoms with Crippen molar-refractivity contribution >= 4 is 57.9 Å². The number of amides is 2. The number of hydrogen-bond acceptors (Lipinski definition) is 9. The quantitative estimate of drug-likeness (QED) is 0.197. The van der Waals surface area contributed by atoms with Crippen LogP contribution in [0.25, 0.3) is 5.65 Å². The molecule has 4 aromatic rings. The van der Waals surface area contributed by atoms with Gasteiger partial charge in [0, 0.05) is 50.3 Å². The number of carbonyl (C=O) groups excluding carboxylic acids is 2. The van der Waals surface area contributed by atoms with Crippen LogP contribution in [0.5, 0.6) is 5.75 Å². The Kier molecular flexibility index (Phi) is 8.98. The summed E-state index contributed by atoms with van der Waals surface area (Å²) in [5.74, 6) is 0.335. The molecule has 0 atom stereocenters. The van der Waals surface area contributed by atoms with Gasteiger partial charge in [-0.25, -0.2) is 4.98 Å². The lowest BCUT2D eigenvalue weighted by Crippen LogP contribution is -2.29. The molecule has 0 saturated carbocycles. The normalized spacial score (nSPS) is 13.8. The first-order valence-electron chi connectivity index (χ1n) is 13.8. The zero-order valence-electron chi connectivity index (χ0n) is 24.1. The van der Waals surface area contributed by atoms with Crippen LogP contribution in [0.1, 0.15) is 22.3 Å². The Hall–Kier alpha value is -4.81. The van der Waals surface area contributed by atoms with Crippen LogP contribution >= 0.6 is 11.6 Å². The monoisotopic (exact) mass is 603 g/mol. The summed E-state index contributed by atoms with van der Waals surface area (Å²) in [6.07, 6.45) is 5.49. The largest absolute Gasteiger partial charge is 0.495 e. The number of imidazole rings is 1. The molecular weight excluding hydrogens is 570 g/mol. The summed E-state index contributed by atoms with van der Waals surface area (Å²) in [4.78, 5) is 38.2. The van der Waals surface area contributed by atoms with Crippen molar-refractivity contribution in [2.45, 2.75) is 13.0 Å². The third-order valence-electron chi connectivity index (χ3n) is 7.22. The number of fused-ring (bicyclic) bond motifs is 1. The Balaban J connectivity index is 1.44. The van der Waals surface area contributed by atoms with Crippen LogP contribution in [0.15, 0.2) is 61.4 Å². The number of aromatic nitrogens is 3. The maximum Gasteiger partial charge on any atom is 0.256 e. The number of halogens is 1. The second kappa shape index (κ2) is 13.0.